The smallest absolute Gasteiger partial charge is 0.260 e. The van der Waals surface area contributed by atoms with Gasteiger partial charge in [0.1, 0.15) is 11.5 Å². The summed E-state index contributed by atoms with van der Waals surface area (Å²) in [7, 11) is 1.65. The fraction of sp³-hybridized carbons (Fsp3) is 0.300. The molecule has 2 aromatic carbocycles. The van der Waals surface area contributed by atoms with Crippen LogP contribution < -0.4 is 14.4 Å². The van der Waals surface area contributed by atoms with Gasteiger partial charge in [-0.05, 0) is 42.5 Å². The first kappa shape index (κ1) is 17.6. The topological polar surface area (TPSA) is 65.8 Å². The van der Waals surface area contributed by atoms with E-state index in [0.717, 1.165) is 24.5 Å². The van der Waals surface area contributed by atoms with Crippen molar-refractivity contribution >= 4 is 11.6 Å². The van der Waals surface area contributed by atoms with E-state index in [-0.39, 0.29) is 12.5 Å². The van der Waals surface area contributed by atoms with E-state index >= 15 is 0 Å². The minimum atomic E-state index is -0.0401. The molecule has 134 valence electrons. The number of nitrogens with zero attached hydrogens (tertiary/aromatic N) is 3. The fourth-order valence-electron chi connectivity index (χ4n) is 2.90. The third-order valence-electron chi connectivity index (χ3n) is 4.40. The van der Waals surface area contributed by atoms with Crippen molar-refractivity contribution in [1.82, 2.24) is 4.90 Å². The minimum Gasteiger partial charge on any atom is -0.497 e. The first-order valence-corrected chi connectivity index (χ1v) is 8.49. The van der Waals surface area contributed by atoms with Crippen LogP contribution in [0, 0.1) is 11.3 Å². The average molecular weight is 351 g/mol. The van der Waals surface area contributed by atoms with Gasteiger partial charge in [-0.2, -0.15) is 5.26 Å². The molecule has 1 aliphatic heterocycles. The lowest BCUT2D eigenvalue weighted by Gasteiger charge is -2.36. The highest BCUT2D eigenvalue weighted by atomic mass is 16.5. The summed E-state index contributed by atoms with van der Waals surface area (Å²) in [5, 5.41) is 8.90. The number of ether oxygens (including phenoxy) is 2. The summed E-state index contributed by atoms with van der Waals surface area (Å²) in [5.74, 6) is 1.33. The lowest BCUT2D eigenvalue weighted by molar-refractivity contribution is -0.133. The van der Waals surface area contributed by atoms with E-state index < -0.39 is 0 Å². The van der Waals surface area contributed by atoms with Gasteiger partial charge in [-0.3, -0.25) is 4.79 Å². The number of hydrogen-bond donors (Lipinski definition) is 0. The van der Waals surface area contributed by atoms with Crippen molar-refractivity contribution in [2.75, 3.05) is 44.8 Å². The predicted octanol–water partition coefficient (Wildman–Crippen LogP) is 2.29. The zero-order chi connectivity index (χ0) is 18.4. The number of benzene rings is 2. The second-order valence-electron chi connectivity index (χ2n) is 5.99. The van der Waals surface area contributed by atoms with E-state index in [9.17, 15) is 4.79 Å². The zero-order valence-corrected chi connectivity index (χ0v) is 14.7. The molecular weight excluding hydrogens is 330 g/mol. The van der Waals surface area contributed by atoms with Crippen molar-refractivity contribution in [3.63, 3.8) is 0 Å². The van der Waals surface area contributed by atoms with Crippen molar-refractivity contribution in [2.45, 2.75) is 0 Å². The normalized spacial score (nSPS) is 13.8. The summed E-state index contributed by atoms with van der Waals surface area (Å²) in [5.41, 5.74) is 1.64. The third kappa shape index (κ3) is 4.25. The van der Waals surface area contributed by atoms with Crippen molar-refractivity contribution in [3.8, 4) is 17.6 Å². The van der Waals surface area contributed by atoms with Gasteiger partial charge in [0.05, 0.1) is 18.7 Å². The summed E-state index contributed by atoms with van der Waals surface area (Å²) < 4.78 is 10.7. The van der Waals surface area contributed by atoms with Crippen molar-refractivity contribution < 1.29 is 14.3 Å². The molecule has 0 spiro atoms. The molecule has 0 aliphatic carbocycles. The Morgan fingerprint density at radius 2 is 1.81 bits per heavy atom. The van der Waals surface area contributed by atoms with Crippen molar-refractivity contribution in [1.29, 1.82) is 5.26 Å². The van der Waals surface area contributed by atoms with Crippen LogP contribution in [0.15, 0.2) is 48.5 Å². The summed E-state index contributed by atoms with van der Waals surface area (Å²) in [6, 6.07) is 16.8. The van der Waals surface area contributed by atoms with E-state index in [1.54, 1.807) is 31.4 Å². The maximum absolute atomic E-state index is 12.4. The van der Waals surface area contributed by atoms with Crippen LogP contribution in [0.3, 0.4) is 0 Å². The maximum atomic E-state index is 12.4. The first-order valence-electron chi connectivity index (χ1n) is 8.49. The molecule has 1 fully saturated rings. The van der Waals surface area contributed by atoms with Gasteiger partial charge in [0.25, 0.3) is 5.91 Å². The Morgan fingerprint density at radius 3 is 2.46 bits per heavy atom. The lowest BCUT2D eigenvalue weighted by Crippen LogP contribution is -2.50. The Hall–Kier alpha value is -3.20. The summed E-state index contributed by atoms with van der Waals surface area (Å²) in [4.78, 5) is 16.4. The monoisotopic (exact) mass is 351 g/mol. The number of rotatable bonds is 5. The number of carbonyl (C=O) groups is 1. The molecule has 0 aromatic heterocycles. The van der Waals surface area contributed by atoms with Crippen LogP contribution in [0.4, 0.5) is 5.69 Å². The number of anilines is 1. The quantitative estimate of drug-likeness (QED) is 0.827. The third-order valence-corrected chi connectivity index (χ3v) is 4.40. The van der Waals surface area contributed by atoms with Gasteiger partial charge in [-0.25, -0.2) is 0 Å². The molecule has 26 heavy (non-hydrogen) atoms. The highest BCUT2D eigenvalue weighted by molar-refractivity contribution is 5.78. The van der Waals surface area contributed by atoms with E-state index in [0.29, 0.717) is 24.4 Å². The molecule has 3 rings (SSSR count). The van der Waals surface area contributed by atoms with E-state index in [1.807, 2.05) is 29.2 Å². The van der Waals surface area contributed by atoms with Gasteiger partial charge in [0.15, 0.2) is 6.61 Å². The number of hydrogen-bond acceptors (Lipinski definition) is 5. The van der Waals surface area contributed by atoms with E-state index in [4.69, 9.17) is 14.7 Å². The minimum absolute atomic E-state index is 0.0165. The van der Waals surface area contributed by atoms with Crippen LogP contribution >= 0.6 is 0 Å². The van der Waals surface area contributed by atoms with Gasteiger partial charge in [-0.1, -0.05) is 6.07 Å². The van der Waals surface area contributed by atoms with E-state index in [2.05, 4.69) is 11.0 Å². The molecule has 0 atom stereocenters. The number of amides is 1. The molecular formula is C20H21N3O3. The van der Waals surface area contributed by atoms with Crippen LogP contribution in [-0.2, 0) is 4.79 Å². The molecule has 0 unspecified atom stereocenters. The highest BCUT2D eigenvalue weighted by Crippen LogP contribution is 2.20. The Morgan fingerprint density at radius 1 is 1.08 bits per heavy atom. The molecule has 1 amide bonds. The number of piperazine rings is 1. The Labute approximate surface area is 153 Å². The van der Waals surface area contributed by atoms with Crippen molar-refractivity contribution in [2.24, 2.45) is 0 Å². The van der Waals surface area contributed by atoms with Crippen LogP contribution in [0.5, 0.6) is 11.5 Å². The van der Waals surface area contributed by atoms with Crippen LogP contribution in [-0.4, -0.2) is 50.7 Å². The second kappa shape index (κ2) is 8.26. The molecule has 0 N–H and O–H groups in total. The van der Waals surface area contributed by atoms with Crippen LogP contribution in [0.2, 0.25) is 0 Å². The molecule has 1 saturated heterocycles. The molecule has 0 radical (unpaired) electrons. The molecule has 1 aliphatic rings. The Bertz CT molecular complexity index is 791. The standard InChI is InChI=1S/C20H21N3O3/c1-25-18-7-5-17(6-8-18)22-9-11-23(12-10-22)20(24)15-26-19-4-2-3-16(13-19)14-21/h2-8,13H,9-12,15H2,1H3. The van der Waals surface area contributed by atoms with Gasteiger partial charge in [0, 0.05) is 31.9 Å². The average Bonchev–Trinajstić information content (AvgIpc) is 2.72. The van der Waals surface area contributed by atoms with Gasteiger partial charge in [0.2, 0.25) is 0 Å². The number of carbonyl (C=O) groups excluding carboxylic acids is 1. The SMILES string of the molecule is COc1ccc(N2CCN(C(=O)COc3cccc(C#N)c3)CC2)cc1. The van der Waals surface area contributed by atoms with Crippen LogP contribution in [0.25, 0.3) is 0 Å². The predicted molar refractivity (Wildman–Crippen MR) is 98.4 cm³/mol. The highest BCUT2D eigenvalue weighted by Gasteiger charge is 2.21. The summed E-state index contributed by atoms with van der Waals surface area (Å²) in [6.45, 7) is 2.86. The lowest BCUT2D eigenvalue weighted by atomic mass is 10.2. The first-order chi connectivity index (χ1) is 12.7. The van der Waals surface area contributed by atoms with E-state index in [1.165, 1.54) is 0 Å². The molecule has 2 aromatic rings. The van der Waals surface area contributed by atoms with Gasteiger partial charge < -0.3 is 19.3 Å². The van der Waals surface area contributed by atoms with Gasteiger partial charge >= 0.3 is 0 Å². The molecule has 0 bridgehead atoms. The summed E-state index contributed by atoms with van der Waals surface area (Å²) >= 11 is 0. The second-order valence-corrected chi connectivity index (χ2v) is 5.99. The summed E-state index contributed by atoms with van der Waals surface area (Å²) in [6.07, 6.45) is 0. The zero-order valence-electron chi connectivity index (χ0n) is 14.7. The molecule has 6 nitrogen and oxygen atoms in total. The van der Waals surface area contributed by atoms with Crippen molar-refractivity contribution in [3.05, 3.63) is 54.1 Å². The Balaban J connectivity index is 1.49. The maximum Gasteiger partial charge on any atom is 0.260 e. The molecule has 0 saturated carbocycles. The molecule has 1 heterocycles. The number of methoxy groups -OCH3 is 1. The Kier molecular flexibility index (Phi) is 5.59. The van der Waals surface area contributed by atoms with Crippen LogP contribution in [0.1, 0.15) is 5.56 Å². The van der Waals surface area contributed by atoms with Gasteiger partial charge in [-0.15, -0.1) is 0 Å². The largest absolute Gasteiger partial charge is 0.497 e. The number of nitriles is 1. The molecule has 6 heteroatoms. The fourth-order valence-corrected chi connectivity index (χ4v) is 2.90.